The summed E-state index contributed by atoms with van der Waals surface area (Å²) in [5.74, 6) is -3.87. The number of aliphatic hydroxyl groups excluding tert-OH is 2. The lowest BCUT2D eigenvalue weighted by atomic mass is 9.99. The molecule has 0 bridgehead atoms. The fraction of sp³-hybridized carbons (Fsp3) is 0.750. The van der Waals surface area contributed by atoms with Gasteiger partial charge in [-0.3, -0.25) is 14.4 Å². The maximum atomic E-state index is 12.2. The van der Waals surface area contributed by atoms with Crippen LogP contribution >= 0.6 is 0 Å². The Morgan fingerprint density at radius 1 is 0.963 bits per heavy atom. The number of nitrogens with two attached hydrogens (primary N) is 1. The van der Waals surface area contributed by atoms with E-state index in [4.69, 9.17) is 10.8 Å². The quantitative estimate of drug-likeness (QED) is 0.198. The Hall–Kier alpha value is -2.24. The van der Waals surface area contributed by atoms with Crippen LogP contribution in [-0.4, -0.2) is 75.9 Å². The minimum atomic E-state index is -1.54. The number of aliphatic carboxylic acids is 1. The van der Waals surface area contributed by atoms with Crippen LogP contribution in [0.5, 0.6) is 0 Å². The van der Waals surface area contributed by atoms with E-state index in [9.17, 15) is 29.4 Å². The summed E-state index contributed by atoms with van der Waals surface area (Å²) in [5.41, 5.74) is 5.77. The Labute approximate surface area is 157 Å². The van der Waals surface area contributed by atoms with E-state index in [1.165, 1.54) is 13.8 Å². The van der Waals surface area contributed by atoms with Crippen molar-refractivity contribution in [3.63, 3.8) is 0 Å². The van der Waals surface area contributed by atoms with E-state index < -0.39 is 60.6 Å². The fourth-order valence-corrected chi connectivity index (χ4v) is 2.02. The molecule has 3 amide bonds. The van der Waals surface area contributed by atoms with Crippen molar-refractivity contribution in [2.24, 2.45) is 11.7 Å². The molecule has 11 heteroatoms. The first-order valence-electron chi connectivity index (χ1n) is 8.64. The highest BCUT2D eigenvalue weighted by atomic mass is 16.4. The van der Waals surface area contributed by atoms with E-state index in [0.29, 0.717) is 6.42 Å². The van der Waals surface area contributed by atoms with Gasteiger partial charge in [-0.25, -0.2) is 4.79 Å². The standard InChI is InChI=1S/C16H30N4O7/c1-5-7(2)11(17)15(25)19-10(6-21)14(24)18-8(3)13(23)20-12(9(4)22)16(26)27/h7-12,21-22H,5-6,17H2,1-4H3,(H,18,24)(H,19,25)(H,20,23)(H,26,27). The van der Waals surface area contributed by atoms with Crippen molar-refractivity contribution in [1.82, 2.24) is 16.0 Å². The van der Waals surface area contributed by atoms with E-state index in [1.807, 2.05) is 6.92 Å². The Balaban J connectivity index is 4.84. The van der Waals surface area contributed by atoms with Gasteiger partial charge < -0.3 is 37.0 Å². The predicted octanol–water partition coefficient (Wildman–Crippen LogP) is -2.71. The minimum absolute atomic E-state index is 0.134. The molecule has 11 nitrogen and oxygen atoms in total. The van der Waals surface area contributed by atoms with Crippen LogP contribution in [0.3, 0.4) is 0 Å². The highest BCUT2D eigenvalue weighted by Crippen LogP contribution is 2.05. The molecule has 8 N–H and O–H groups in total. The van der Waals surface area contributed by atoms with E-state index in [2.05, 4.69) is 16.0 Å². The Morgan fingerprint density at radius 2 is 1.52 bits per heavy atom. The first-order valence-corrected chi connectivity index (χ1v) is 8.64. The summed E-state index contributed by atoms with van der Waals surface area (Å²) in [5, 5.41) is 34.3. The summed E-state index contributed by atoms with van der Waals surface area (Å²) in [6.45, 7) is 5.39. The first-order chi connectivity index (χ1) is 12.5. The molecule has 0 heterocycles. The summed E-state index contributed by atoms with van der Waals surface area (Å²) >= 11 is 0. The molecule has 6 atom stereocenters. The van der Waals surface area contributed by atoms with Crippen molar-refractivity contribution >= 4 is 23.7 Å². The van der Waals surface area contributed by atoms with Crippen LogP contribution in [0.4, 0.5) is 0 Å². The number of carboxylic acids is 1. The third kappa shape index (κ3) is 7.89. The van der Waals surface area contributed by atoms with Crippen molar-refractivity contribution in [3.8, 4) is 0 Å². The molecule has 0 rings (SSSR count). The van der Waals surface area contributed by atoms with Gasteiger partial charge >= 0.3 is 5.97 Å². The molecule has 0 saturated heterocycles. The van der Waals surface area contributed by atoms with Gasteiger partial charge in [0.1, 0.15) is 12.1 Å². The lowest BCUT2D eigenvalue weighted by Gasteiger charge is -2.24. The van der Waals surface area contributed by atoms with Crippen LogP contribution in [-0.2, 0) is 19.2 Å². The number of carbonyl (C=O) groups excluding carboxylic acids is 3. The number of aliphatic hydroxyl groups is 2. The van der Waals surface area contributed by atoms with Crippen molar-refractivity contribution in [3.05, 3.63) is 0 Å². The van der Waals surface area contributed by atoms with Gasteiger partial charge in [0.25, 0.3) is 0 Å². The van der Waals surface area contributed by atoms with Crippen LogP contribution in [0.2, 0.25) is 0 Å². The average molecular weight is 390 g/mol. The molecule has 0 aromatic rings. The van der Waals surface area contributed by atoms with E-state index >= 15 is 0 Å². The molecule has 0 radical (unpaired) electrons. The van der Waals surface area contributed by atoms with Gasteiger partial charge in [0, 0.05) is 0 Å². The molecule has 27 heavy (non-hydrogen) atoms. The smallest absolute Gasteiger partial charge is 0.328 e. The van der Waals surface area contributed by atoms with E-state index in [1.54, 1.807) is 6.92 Å². The third-order valence-corrected chi connectivity index (χ3v) is 4.17. The number of hydrogen-bond acceptors (Lipinski definition) is 7. The van der Waals surface area contributed by atoms with E-state index in [0.717, 1.165) is 0 Å². The molecule has 0 fully saturated rings. The SMILES string of the molecule is CCC(C)C(N)C(=O)NC(CO)C(=O)NC(C)C(=O)NC(C(=O)O)C(C)O. The second-order valence-electron chi connectivity index (χ2n) is 6.45. The molecule has 0 spiro atoms. The molecule has 0 saturated carbocycles. The summed E-state index contributed by atoms with van der Waals surface area (Å²) in [7, 11) is 0. The number of hydrogen-bond donors (Lipinski definition) is 7. The van der Waals surface area contributed by atoms with Gasteiger partial charge in [0.2, 0.25) is 17.7 Å². The molecule has 0 aliphatic rings. The summed E-state index contributed by atoms with van der Waals surface area (Å²) in [6.07, 6.45) is -0.698. The Bertz CT molecular complexity index is 541. The zero-order valence-corrected chi connectivity index (χ0v) is 15.9. The molecule has 0 aromatic heterocycles. The molecule has 156 valence electrons. The fourth-order valence-electron chi connectivity index (χ4n) is 2.02. The maximum Gasteiger partial charge on any atom is 0.328 e. The number of nitrogens with one attached hydrogen (secondary N) is 3. The van der Waals surface area contributed by atoms with Crippen LogP contribution in [0.1, 0.15) is 34.1 Å². The van der Waals surface area contributed by atoms with Crippen molar-refractivity contribution < 1.29 is 34.5 Å². The summed E-state index contributed by atoms with van der Waals surface area (Å²) < 4.78 is 0. The third-order valence-electron chi connectivity index (χ3n) is 4.17. The van der Waals surface area contributed by atoms with Crippen LogP contribution in [0.15, 0.2) is 0 Å². The highest BCUT2D eigenvalue weighted by Gasteiger charge is 2.30. The van der Waals surface area contributed by atoms with Crippen molar-refractivity contribution in [2.75, 3.05) is 6.61 Å². The van der Waals surface area contributed by atoms with Crippen molar-refractivity contribution in [2.45, 2.75) is 64.4 Å². The second-order valence-corrected chi connectivity index (χ2v) is 6.45. The summed E-state index contributed by atoms with van der Waals surface area (Å²) in [4.78, 5) is 47.2. The molecule has 6 unspecified atom stereocenters. The van der Waals surface area contributed by atoms with Crippen LogP contribution in [0.25, 0.3) is 0 Å². The van der Waals surface area contributed by atoms with Gasteiger partial charge in [-0.2, -0.15) is 0 Å². The number of carbonyl (C=O) groups is 4. The lowest BCUT2D eigenvalue weighted by Crippen LogP contribution is -2.58. The van der Waals surface area contributed by atoms with Crippen LogP contribution in [0, 0.1) is 5.92 Å². The minimum Gasteiger partial charge on any atom is -0.480 e. The predicted molar refractivity (Wildman–Crippen MR) is 95.3 cm³/mol. The second kappa shape index (κ2) is 11.5. The largest absolute Gasteiger partial charge is 0.480 e. The Morgan fingerprint density at radius 3 is 1.93 bits per heavy atom. The number of rotatable bonds is 11. The zero-order valence-electron chi connectivity index (χ0n) is 15.9. The molecule has 0 aliphatic heterocycles. The topological polar surface area (TPSA) is 191 Å². The van der Waals surface area contributed by atoms with Crippen LogP contribution < -0.4 is 21.7 Å². The van der Waals surface area contributed by atoms with Crippen molar-refractivity contribution in [1.29, 1.82) is 0 Å². The molecule has 0 aliphatic carbocycles. The van der Waals surface area contributed by atoms with Gasteiger partial charge in [0.05, 0.1) is 18.8 Å². The van der Waals surface area contributed by atoms with Gasteiger partial charge in [-0.15, -0.1) is 0 Å². The monoisotopic (exact) mass is 390 g/mol. The van der Waals surface area contributed by atoms with E-state index in [-0.39, 0.29) is 5.92 Å². The average Bonchev–Trinajstić information content (AvgIpc) is 2.61. The normalized spacial score (nSPS) is 17.6. The zero-order chi connectivity index (χ0) is 21.3. The maximum absolute atomic E-state index is 12.2. The Kier molecular flexibility index (Phi) is 10.5. The van der Waals surface area contributed by atoms with Gasteiger partial charge in [0.15, 0.2) is 6.04 Å². The highest BCUT2D eigenvalue weighted by molar-refractivity contribution is 5.94. The number of carboxylic acid groups (broad SMARTS) is 1. The molecule has 0 aromatic carbocycles. The molecular formula is C16H30N4O7. The van der Waals surface area contributed by atoms with Gasteiger partial charge in [-0.1, -0.05) is 20.3 Å². The first kappa shape index (κ1) is 24.8. The number of amides is 3. The summed E-state index contributed by atoms with van der Waals surface area (Å²) in [6, 6.07) is -4.90. The lowest BCUT2D eigenvalue weighted by molar-refractivity contribution is -0.145. The van der Waals surface area contributed by atoms with Gasteiger partial charge in [-0.05, 0) is 19.8 Å². The molecular weight excluding hydrogens is 360 g/mol.